The summed E-state index contributed by atoms with van der Waals surface area (Å²) in [5.74, 6) is -0.00897. The summed E-state index contributed by atoms with van der Waals surface area (Å²) in [5.41, 5.74) is 3.30. The van der Waals surface area contributed by atoms with Gasteiger partial charge in [0.15, 0.2) is 0 Å². The van der Waals surface area contributed by atoms with Gasteiger partial charge in [0.25, 0.3) is 0 Å². The molecule has 4 rings (SSSR count). The van der Waals surface area contributed by atoms with E-state index in [0.29, 0.717) is 30.0 Å². The molecule has 3 aromatic rings. The minimum Gasteiger partial charge on any atom is -0.478 e. The lowest BCUT2D eigenvalue weighted by Crippen LogP contribution is -2.41. The first kappa shape index (κ1) is 18.0. The molecule has 0 radical (unpaired) electrons. The number of nitrogens with one attached hydrogen (secondary N) is 1. The van der Waals surface area contributed by atoms with Gasteiger partial charge in [-0.25, -0.2) is 14.8 Å². The first-order valence-corrected chi connectivity index (χ1v) is 8.98. The molecule has 0 spiro atoms. The summed E-state index contributed by atoms with van der Waals surface area (Å²) in [6.45, 7) is 5.78. The van der Waals surface area contributed by atoms with E-state index >= 15 is 0 Å². The molecule has 28 heavy (non-hydrogen) atoms. The second kappa shape index (κ2) is 6.63. The molecule has 0 bridgehead atoms. The van der Waals surface area contributed by atoms with Gasteiger partial charge in [0.1, 0.15) is 12.1 Å². The summed E-state index contributed by atoms with van der Waals surface area (Å²) in [6, 6.07) is 3.60. The van der Waals surface area contributed by atoms with Gasteiger partial charge in [0.05, 0.1) is 17.8 Å². The lowest BCUT2D eigenvalue weighted by molar-refractivity contribution is -0.132. The smallest absolute Gasteiger partial charge is 0.337 e. The normalized spacial score (nSPS) is 16.1. The van der Waals surface area contributed by atoms with Crippen LogP contribution in [-0.2, 0) is 17.8 Å². The highest BCUT2D eigenvalue weighted by Gasteiger charge is 2.29. The van der Waals surface area contributed by atoms with Gasteiger partial charge >= 0.3 is 5.97 Å². The second-order valence-corrected chi connectivity index (χ2v) is 7.02. The van der Waals surface area contributed by atoms with Crippen LogP contribution < -0.4 is 4.74 Å². The van der Waals surface area contributed by atoms with Crippen molar-refractivity contribution in [3.8, 4) is 11.6 Å². The third-order valence-electron chi connectivity index (χ3n) is 5.24. The zero-order chi connectivity index (χ0) is 20.0. The summed E-state index contributed by atoms with van der Waals surface area (Å²) < 4.78 is 6.10. The number of aromatic nitrogens is 3. The summed E-state index contributed by atoms with van der Waals surface area (Å²) in [7, 11) is 0. The molecule has 1 aliphatic rings. The van der Waals surface area contributed by atoms with Gasteiger partial charge in [-0.1, -0.05) is 0 Å². The quantitative estimate of drug-likeness (QED) is 0.723. The molecule has 1 atom stereocenters. The predicted molar refractivity (Wildman–Crippen MR) is 101 cm³/mol. The van der Waals surface area contributed by atoms with E-state index in [1.54, 1.807) is 24.0 Å². The third kappa shape index (κ3) is 2.87. The van der Waals surface area contributed by atoms with Crippen molar-refractivity contribution in [2.75, 3.05) is 0 Å². The van der Waals surface area contributed by atoms with E-state index in [-0.39, 0.29) is 17.5 Å². The van der Waals surface area contributed by atoms with Crippen molar-refractivity contribution >= 4 is 22.8 Å². The molecule has 2 N–H and O–H groups in total. The zero-order valence-electron chi connectivity index (χ0n) is 15.8. The summed E-state index contributed by atoms with van der Waals surface area (Å²) in [4.78, 5) is 36.7. The Morgan fingerprint density at radius 3 is 2.82 bits per heavy atom. The van der Waals surface area contributed by atoms with E-state index in [1.165, 1.54) is 12.5 Å². The molecule has 2 aromatic heterocycles. The Labute approximate surface area is 161 Å². The van der Waals surface area contributed by atoms with Crippen LogP contribution in [0.25, 0.3) is 10.9 Å². The standard InChI is InChI=1S/C20H20N4O4/c1-10-6-13-16(8-24(10)12(3)25)22-9-23-19(13)28-17-5-4-15-18(11(17)2)14(7-21-15)20(26)27/h4-5,7,9-10,21H,6,8H2,1-3H3,(H,26,27)/t10-/m0/s1. The van der Waals surface area contributed by atoms with E-state index in [1.807, 2.05) is 13.8 Å². The molecule has 0 unspecified atom stereocenters. The molecule has 0 saturated heterocycles. The average molecular weight is 380 g/mol. The van der Waals surface area contributed by atoms with Crippen LogP contribution in [0.3, 0.4) is 0 Å². The SMILES string of the molecule is CC(=O)N1Cc2ncnc(Oc3ccc4[nH]cc(C(=O)O)c4c3C)c2C[C@@H]1C. The number of benzene rings is 1. The van der Waals surface area contributed by atoms with E-state index < -0.39 is 5.97 Å². The summed E-state index contributed by atoms with van der Waals surface area (Å²) in [5, 5.41) is 10.0. The highest BCUT2D eigenvalue weighted by Crippen LogP contribution is 2.35. The van der Waals surface area contributed by atoms with Crippen molar-refractivity contribution in [2.24, 2.45) is 0 Å². The second-order valence-electron chi connectivity index (χ2n) is 7.02. The Morgan fingerprint density at radius 2 is 2.11 bits per heavy atom. The van der Waals surface area contributed by atoms with Gasteiger partial charge in [-0.15, -0.1) is 0 Å². The number of rotatable bonds is 3. The number of ether oxygens (including phenoxy) is 1. The van der Waals surface area contributed by atoms with Crippen molar-refractivity contribution in [1.82, 2.24) is 19.9 Å². The molecule has 1 aromatic carbocycles. The number of hydrogen-bond acceptors (Lipinski definition) is 5. The Kier molecular flexibility index (Phi) is 4.26. The maximum absolute atomic E-state index is 11.8. The monoisotopic (exact) mass is 380 g/mol. The topological polar surface area (TPSA) is 108 Å². The fourth-order valence-electron chi connectivity index (χ4n) is 3.77. The molecule has 3 heterocycles. The molecule has 1 amide bonds. The molecular formula is C20H20N4O4. The van der Waals surface area contributed by atoms with Crippen LogP contribution in [0.4, 0.5) is 0 Å². The number of aryl methyl sites for hydroxylation is 1. The highest BCUT2D eigenvalue weighted by atomic mass is 16.5. The number of hydrogen-bond donors (Lipinski definition) is 2. The molecule has 8 heteroatoms. The van der Waals surface area contributed by atoms with Gasteiger partial charge in [-0.3, -0.25) is 4.79 Å². The Balaban J connectivity index is 1.74. The number of fused-ring (bicyclic) bond motifs is 2. The molecule has 144 valence electrons. The Morgan fingerprint density at radius 1 is 1.32 bits per heavy atom. The number of carboxylic acids is 1. The molecular weight excluding hydrogens is 360 g/mol. The molecule has 0 fully saturated rings. The van der Waals surface area contributed by atoms with Gasteiger partial charge in [-0.2, -0.15) is 0 Å². The van der Waals surface area contributed by atoms with Gasteiger partial charge in [0, 0.05) is 41.2 Å². The number of aromatic carboxylic acids is 1. The number of carbonyl (C=O) groups is 2. The van der Waals surface area contributed by atoms with Crippen molar-refractivity contribution in [3.05, 3.63) is 47.0 Å². The maximum atomic E-state index is 11.8. The molecule has 1 aliphatic heterocycles. The number of carboxylic acid groups (broad SMARTS) is 1. The predicted octanol–water partition coefficient (Wildman–Crippen LogP) is 3.05. The van der Waals surface area contributed by atoms with Crippen LogP contribution in [0, 0.1) is 6.92 Å². The van der Waals surface area contributed by atoms with Crippen LogP contribution in [0.2, 0.25) is 0 Å². The number of carbonyl (C=O) groups excluding carboxylic acids is 1. The average Bonchev–Trinajstić information content (AvgIpc) is 3.09. The fraction of sp³-hybridized carbons (Fsp3) is 0.300. The lowest BCUT2D eigenvalue weighted by atomic mass is 9.99. The number of amides is 1. The van der Waals surface area contributed by atoms with Crippen molar-refractivity contribution in [1.29, 1.82) is 0 Å². The van der Waals surface area contributed by atoms with E-state index in [4.69, 9.17) is 4.74 Å². The number of nitrogens with zero attached hydrogens (tertiary/aromatic N) is 3. The van der Waals surface area contributed by atoms with Crippen molar-refractivity contribution in [2.45, 2.75) is 39.8 Å². The van der Waals surface area contributed by atoms with Gasteiger partial charge < -0.3 is 19.7 Å². The fourth-order valence-corrected chi connectivity index (χ4v) is 3.77. The van der Waals surface area contributed by atoms with Crippen LogP contribution in [-0.4, -0.2) is 42.9 Å². The lowest BCUT2D eigenvalue weighted by Gasteiger charge is -2.33. The largest absolute Gasteiger partial charge is 0.478 e. The zero-order valence-corrected chi connectivity index (χ0v) is 15.8. The van der Waals surface area contributed by atoms with Crippen molar-refractivity contribution in [3.63, 3.8) is 0 Å². The van der Waals surface area contributed by atoms with Crippen LogP contribution in [0.1, 0.15) is 41.0 Å². The minimum atomic E-state index is -0.996. The minimum absolute atomic E-state index is 0.00850. The summed E-state index contributed by atoms with van der Waals surface area (Å²) in [6.07, 6.45) is 3.50. The van der Waals surface area contributed by atoms with E-state index in [9.17, 15) is 14.7 Å². The molecule has 0 saturated carbocycles. The van der Waals surface area contributed by atoms with Gasteiger partial charge in [-0.05, 0) is 32.4 Å². The van der Waals surface area contributed by atoms with E-state index in [2.05, 4.69) is 15.0 Å². The third-order valence-corrected chi connectivity index (χ3v) is 5.24. The van der Waals surface area contributed by atoms with Crippen LogP contribution >= 0.6 is 0 Å². The molecule has 0 aliphatic carbocycles. The summed E-state index contributed by atoms with van der Waals surface area (Å²) >= 11 is 0. The van der Waals surface area contributed by atoms with Crippen molar-refractivity contribution < 1.29 is 19.4 Å². The Hall–Kier alpha value is -3.42. The first-order chi connectivity index (χ1) is 13.4. The number of H-pyrrole nitrogens is 1. The van der Waals surface area contributed by atoms with Crippen LogP contribution in [0.15, 0.2) is 24.7 Å². The Bertz CT molecular complexity index is 1110. The first-order valence-electron chi connectivity index (χ1n) is 8.98. The highest BCUT2D eigenvalue weighted by molar-refractivity contribution is 6.05. The van der Waals surface area contributed by atoms with E-state index in [0.717, 1.165) is 22.3 Å². The van der Waals surface area contributed by atoms with Gasteiger partial charge in [0.2, 0.25) is 11.8 Å². The maximum Gasteiger partial charge on any atom is 0.337 e. The molecule has 8 nitrogen and oxygen atoms in total. The van der Waals surface area contributed by atoms with Crippen LogP contribution in [0.5, 0.6) is 11.6 Å². The number of aromatic amines is 1.